The number of aryl methyl sites for hydroxylation is 1. The van der Waals surface area contributed by atoms with Gasteiger partial charge in [-0.3, -0.25) is 4.79 Å². The highest BCUT2D eigenvalue weighted by molar-refractivity contribution is 6.31. The number of hydrogen-bond acceptors (Lipinski definition) is 2. The van der Waals surface area contributed by atoms with Gasteiger partial charge in [0.2, 0.25) is 5.91 Å². The number of benzene rings is 1. The number of carbonyl (C=O) groups excluding carboxylic acids is 1. The summed E-state index contributed by atoms with van der Waals surface area (Å²) >= 11 is 5.97. The lowest BCUT2D eigenvalue weighted by Gasteiger charge is -2.37. The summed E-state index contributed by atoms with van der Waals surface area (Å²) in [7, 11) is 0. The average molecular weight is 281 g/mol. The van der Waals surface area contributed by atoms with Crippen molar-refractivity contribution in [3.63, 3.8) is 0 Å². The van der Waals surface area contributed by atoms with E-state index in [2.05, 4.69) is 5.32 Å². The summed E-state index contributed by atoms with van der Waals surface area (Å²) in [6.45, 7) is 3.93. The molecule has 1 amide bonds. The quantitative estimate of drug-likeness (QED) is 0.871. The number of nitrogens with one attached hydrogen (secondary N) is 1. The number of carbonyl (C=O) groups is 1. The molecule has 3 nitrogen and oxygen atoms in total. The highest BCUT2D eigenvalue weighted by Gasteiger charge is 2.37. The molecule has 0 saturated heterocycles. The van der Waals surface area contributed by atoms with Gasteiger partial charge < -0.3 is 11.1 Å². The van der Waals surface area contributed by atoms with Gasteiger partial charge in [-0.1, -0.05) is 30.5 Å². The second-order valence-corrected chi connectivity index (χ2v) is 6.19. The van der Waals surface area contributed by atoms with Gasteiger partial charge in [-0.15, -0.1) is 0 Å². The van der Waals surface area contributed by atoms with Crippen LogP contribution >= 0.6 is 11.6 Å². The summed E-state index contributed by atoms with van der Waals surface area (Å²) in [4.78, 5) is 12.4. The fraction of sp³-hybridized carbons (Fsp3) is 0.533. The first kappa shape index (κ1) is 14.4. The summed E-state index contributed by atoms with van der Waals surface area (Å²) in [5.74, 6) is -0.116. The SMILES string of the molecule is Cc1ccc(Cl)cc1NC(=O)C1CCCCC1(C)N. The largest absolute Gasteiger partial charge is 0.325 e. The Morgan fingerprint density at radius 2 is 2.21 bits per heavy atom. The minimum atomic E-state index is -0.408. The average Bonchev–Trinajstić information content (AvgIpc) is 2.33. The molecule has 2 rings (SSSR count). The van der Waals surface area contributed by atoms with Crippen LogP contribution < -0.4 is 11.1 Å². The maximum atomic E-state index is 12.4. The molecule has 1 aliphatic rings. The van der Waals surface area contributed by atoms with Crippen LogP contribution in [0.15, 0.2) is 18.2 Å². The second-order valence-electron chi connectivity index (χ2n) is 5.75. The van der Waals surface area contributed by atoms with Crippen molar-refractivity contribution in [2.24, 2.45) is 11.7 Å². The maximum absolute atomic E-state index is 12.4. The van der Waals surface area contributed by atoms with Gasteiger partial charge in [0.15, 0.2) is 0 Å². The van der Waals surface area contributed by atoms with Gasteiger partial charge in [0.25, 0.3) is 0 Å². The van der Waals surface area contributed by atoms with Crippen LogP contribution in [0.3, 0.4) is 0 Å². The highest BCUT2D eigenvalue weighted by atomic mass is 35.5. The Kier molecular flexibility index (Phi) is 4.16. The van der Waals surface area contributed by atoms with E-state index in [0.717, 1.165) is 36.9 Å². The summed E-state index contributed by atoms with van der Waals surface area (Å²) in [6.07, 6.45) is 3.93. The van der Waals surface area contributed by atoms with Crippen molar-refractivity contribution in [1.82, 2.24) is 0 Å². The zero-order valence-electron chi connectivity index (χ0n) is 11.5. The molecular weight excluding hydrogens is 260 g/mol. The number of halogens is 1. The van der Waals surface area contributed by atoms with Crippen molar-refractivity contribution >= 4 is 23.2 Å². The Labute approximate surface area is 119 Å². The van der Waals surface area contributed by atoms with E-state index in [9.17, 15) is 4.79 Å². The van der Waals surface area contributed by atoms with Crippen LogP contribution in [0.25, 0.3) is 0 Å². The molecule has 2 atom stereocenters. The lowest BCUT2D eigenvalue weighted by Crippen LogP contribution is -2.51. The van der Waals surface area contributed by atoms with Crippen LogP contribution in [0.1, 0.15) is 38.2 Å². The standard InChI is InChI=1S/C15H21ClN2O/c1-10-6-7-11(16)9-13(10)18-14(19)12-5-3-4-8-15(12,2)17/h6-7,9,12H,3-5,8,17H2,1-2H3,(H,18,19). The van der Waals surface area contributed by atoms with Crippen LogP contribution in [0.5, 0.6) is 0 Å². The van der Waals surface area contributed by atoms with Crippen LogP contribution in [-0.4, -0.2) is 11.4 Å². The van der Waals surface area contributed by atoms with E-state index < -0.39 is 5.54 Å². The van der Waals surface area contributed by atoms with E-state index >= 15 is 0 Å². The maximum Gasteiger partial charge on any atom is 0.229 e. The zero-order chi connectivity index (χ0) is 14.0. The first-order chi connectivity index (χ1) is 8.90. The third-order valence-corrected chi connectivity index (χ3v) is 4.26. The predicted octanol–water partition coefficient (Wildman–Crippen LogP) is 3.49. The van der Waals surface area contributed by atoms with Crippen molar-refractivity contribution in [2.45, 2.75) is 45.1 Å². The molecule has 104 valence electrons. The molecule has 0 spiro atoms. The number of nitrogens with two attached hydrogens (primary N) is 1. The van der Waals surface area contributed by atoms with Gasteiger partial charge in [0.1, 0.15) is 0 Å². The molecule has 1 aliphatic carbocycles. The normalized spacial score (nSPS) is 27.1. The third kappa shape index (κ3) is 3.28. The summed E-state index contributed by atoms with van der Waals surface area (Å²) in [5, 5.41) is 3.60. The van der Waals surface area contributed by atoms with Gasteiger partial charge in [0, 0.05) is 16.2 Å². The molecule has 0 aliphatic heterocycles. The summed E-state index contributed by atoms with van der Waals surface area (Å²) in [5.41, 5.74) is 7.63. The fourth-order valence-electron chi connectivity index (χ4n) is 2.74. The van der Waals surface area contributed by atoms with Crippen LogP contribution in [-0.2, 0) is 4.79 Å². The van der Waals surface area contributed by atoms with Gasteiger partial charge >= 0.3 is 0 Å². The lowest BCUT2D eigenvalue weighted by atomic mass is 9.74. The summed E-state index contributed by atoms with van der Waals surface area (Å²) in [6, 6.07) is 5.51. The first-order valence-electron chi connectivity index (χ1n) is 6.76. The fourth-order valence-corrected chi connectivity index (χ4v) is 2.91. The Bertz CT molecular complexity index is 485. The molecule has 4 heteroatoms. The number of anilines is 1. The zero-order valence-corrected chi connectivity index (χ0v) is 12.3. The Balaban J connectivity index is 2.14. The number of rotatable bonds is 2. The van der Waals surface area contributed by atoms with Crippen LogP contribution in [0.4, 0.5) is 5.69 Å². The van der Waals surface area contributed by atoms with Gasteiger partial charge in [0.05, 0.1) is 5.92 Å². The van der Waals surface area contributed by atoms with E-state index in [0.29, 0.717) is 5.02 Å². The lowest BCUT2D eigenvalue weighted by molar-refractivity contribution is -0.122. The topological polar surface area (TPSA) is 55.1 Å². The smallest absolute Gasteiger partial charge is 0.229 e. The Morgan fingerprint density at radius 1 is 1.47 bits per heavy atom. The minimum absolute atomic E-state index is 0.00932. The summed E-state index contributed by atoms with van der Waals surface area (Å²) < 4.78 is 0. The molecule has 3 N–H and O–H groups in total. The molecule has 2 unspecified atom stereocenters. The number of hydrogen-bond donors (Lipinski definition) is 2. The molecule has 1 aromatic carbocycles. The number of amides is 1. The van der Waals surface area contributed by atoms with E-state index in [1.807, 2.05) is 26.0 Å². The van der Waals surface area contributed by atoms with E-state index in [1.165, 1.54) is 0 Å². The highest BCUT2D eigenvalue weighted by Crippen LogP contribution is 2.33. The van der Waals surface area contributed by atoms with Gasteiger partial charge in [-0.25, -0.2) is 0 Å². The van der Waals surface area contributed by atoms with Crippen LogP contribution in [0.2, 0.25) is 5.02 Å². The molecule has 0 bridgehead atoms. The molecule has 0 aromatic heterocycles. The monoisotopic (exact) mass is 280 g/mol. The Morgan fingerprint density at radius 3 is 2.89 bits per heavy atom. The van der Waals surface area contributed by atoms with E-state index in [-0.39, 0.29) is 11.8 Å². The molecule has 1 aromatic rings. The Hall–Kier alpha value is -1.06. The van der Waals surface area contributed by atoms with Crippen molar-refractivity contribution in [3.8, 4) is 0 Å². The third-order valence-electron chi connectivity index (χ3n) is 4.03. The van der Waals surface area contributed by atoms with E-state index in [1.54, 1.807) is 6.07 Å². The van der Waals surface area contributed by atoms with Crippen molar-refractivity contribution < 1.29 is 4.79 Å². The van der Waals surface area contributed by atoms with Crippen molar-refractivity contribution in [3.05, 3.63) is 28.8 Å². The molecule has 1 fully saturated rings. The van der Waals surface area contributed by atoms with Crippen LogP contribution in [0, 0.1) is 12.8 Å². The first-order valence-corrected chi connectivity index (χ1v) is 7.14. The molecule has 0 heterocycles. The molecule has 0 radical (unpaired) electrons. The second kappa shape index (κ2) is 5.51. The minimum Gasteiger partial charge on any atom is -0.325 e. The van der Waals surface area contributed by atoms with Gasteiger partial charge in [-0.05, 0) is 44.4 Å². The molecule has 1 saturated carbocycles. The van der Waals surface area contributed by atoms with Gasteiger partial charge in [-0.2, -0.15) is 0 Å². The predicted molar refractivity (Wildman–Crippen MR) is 79.4 cm³/mol. The molecule has 19 heavy (non-hydrogen) atoms. The molecular formula is C15H21ClN2O. The van der Waals surface area contributed by atoms with Crippen molar-refractivity contribution in [1.29, 1.82) is 0 Å². The van der Waals surface area contributed by atoms with Crippen molar-refractivity contribution in [2.75, 3.05) is 5.32 Å². The van der Waals surface area contributed by atoms with E-state index in [4.69, 9.17) is 17.3 Å².